The zero-order valence-corrected chi connectivity index (χ0v) is 16.1. The molecule has 0 aromatic carbocycles. The van der Waals surface area contributed by atoms with Crippen molar-refractivity contribution in [2.75, 3.05) is 5.32 Å². The van der Waals surface area contributed by atoms with Gasteiger partial charge in [0.25, 0.3) is 6.47 Å². The highest BCUT2D eigenvalue weighted by Crippen LogP contribution is 2.36. The van der Waals surface area contributed by atoms with Crippen LogP contribution in [0.15, 0.2) is 23.6 Å². The van der Waals surface area contributed by atoms with Gasteiger partial charge in [-0.15, -0.1) is 22.7 Å². The van der Waals surface area contributed by atoms with Crippen LogP contribution in [-0.2, 0) is 17.8 Å². The number of anilines is 1. The lowest BCUT2D eigenvalue weighted by molar-refractivity contribution is -0.122. The number of rotatable bonds is 5. The predicted molar refractivity (Wildman–Crippen MR) is 107 cm³/mol. The molecule has 3 heterocycles. The summed E-state index contributed by atoms with van der Waals surface area (Å²) in [6, 6.07) is 10.1. The lowest BCUT2D eigenvalue weighted by Gasteiger charge is -2.06. The molecule has 4 N–H and O–H groups in total. The Morgan fingerprint density at radius 1 is 1.44 bits per heavy atom. The molecule has 0 saturated carbocycles. The molecule has 0 saturated heterocycles. The number of fused-ring (bicyclic) bond motifs is 1. The predicted octanol–water partition coefficient (Wildman–Crippen LogP) is 3.30. The summed E-state index contributed by atoms with van der Waals surface area (Å²) in [6.07, 6.45) is 0.621. The zero-order chi connectivity index (χ0) is 19.8. The second kappa shape index (κ2) is 9.64. The van der Waals surface area contributed by atoms with Gasteiger partial charge in [-0.3, -0.25) is 4.79 Å². The molecular weight excluding hydrogens is 382 g/mol. The van der Waals surface area contributed by atoms with E-state index in [9.17, 15) is 10.5 Å². The van der Waals surface area contributed by atoms with Crippen LogP contribution in [0.25, 0.3) is 10.2 Å². The number of hydrogen-bond donors (Lipinski definition) is 3. The molecule has 0 amide bonds. The van der Waals surface area contributed by atoms with Crippen molar-refractivity contribution in [2.24, 2.45) is 5.73 Å². The Bertz CT molecular complexity index is 998. The van der Waals surface area contributed by atoms with Crippen molar-refractivity contribution < 1.29 is 9.90 Å². The maximum absolute atomic E-state index is 9.53. The molecule has 138 valence electrons. The van der Waals surface area contributed by atoms with Gasteiger partial charge in [0.2, 0.25) is 0 Å². The first-order chi connectivity index (χ1) is 13.0. The summed E-state index contributed by atoms with van der Waals surface area (Å²) >= 11 is 3.20. The number of nitrogens with zero attached hydrogens (tertiary/aromatic N) is 3. The van der Waals surface area contributed by atoms with Gasteiger partial charge in [0.05, 0.1) is 16.0 Å². The van der Waals surface area contributed by atoms with Gasteiger partial charge in [-0.1, -0.05) is 6.07 Å². The number of carboxylic acid groups (broad SMARTS) is 1. The van der Waals surface area contributed by atoms with Gasteiger partial charge >= 0.3 is 0 Å². The van der Waals surface area contributed by atoms with Crippen LogP contribution in [0.2, 0.25) is 0 Å². The average Bonchev–Trinajstić information content (AvgIpc) is 3.26. The molecule has 0 spiro atoms. The van der Waals surface area contributed by atoms with E-state index in [0.29, 0.717) is 29.7 Å². The Kier molecular flexibility index (Phi) is 7.26. The molecule has 9 heteroatoms. The monoisotopic (exact) mass is 399 g/mol. The molecule has 0 fully saturated rings. The molecule has 7 nitrogen and oxygen atoms in total. The van der Waals surface area contributed by atoms with Crippen LogP contribution in [0, 0.1) is 22.7 Å². The number of nitrogens with two attached hydrogens (primary N) is 1. The zero-order valence-electron chi connectivity index (χ0n) is 14.5. The topological polar surface area (TPSA) is 136 Å². The highest BCUT2D eigenvalue weighted by molar-refractivity contribution is 7.20. The van der Waals surface area contributed by atoms with Gasteiger partial charge in [-0.2, -0.15) is 10.5 Å². The van der Waals surface area contributed by atoms with Crippen molar-refractivity contribution in [2.45, 2.75) is 25.9 Å². The largest absolute Gasteiger partial charge is 0.483 e. The van der Waals surface area contributed by atoms with Gasteiger partial charge in [0, 0.05) is 22.3 Å². The number of carbonyl (C=O) groups is 1. The van der Waals surface area contributed by atoms with E-state index < -0.39 is 0 Å². The first-order valence-electron chi connectivity index (χ1n) is 7.90. The minimum atomic E-state index is -0.250. The van der Waals surface area contributed by atoms with Crippen molar-refractivity contribution in [1.82, 2.24) is 4.98 Å². The normalized spacial score (nSPS) is 11.0. The minimum absolute atomic E-state index is 0.0388. The van der Waals surface area contributed by atoms with E-state index in [0.717, 1.165) is 15.3 Å². The van der Waals surface area contributed by atoms with Crippen LogP contribution in [0.4, 0.5) is 5.69 Å². The van der Waals surface area contributed by atoms with Gasteiger partial charge < -0.3 is 16.2 Å². The smallest absolute Gasteiger partial charge is 0.290 e. The second-order valence-corrected chi connectivity index (χ2v) is 7.71. The Balaban J connectivity index is 0.000000817. The van der Waals surface area contributed by atoms with Crippen LogP contribution < -0.4 is 11.1 Å². The van der Waals surface area contributed by atoms with Crippen LogP contribution in [0.3, 0.4) is 0 Å². The molecule has 1 unspecified atom stereocenters. The maximum atomic E-state index is 9.53. The summed E-state index contributed by atoms with van der Waals surface area (Å²) in [4.78, 5) is 14.8. The quantitative estimate of drug-likeness (QED) is 0.560. The van der Waals surface area contributed by atoms with Crippen molar-refractivity contribution in [3.8, 4) is 12.1 Å². The Labute approximate surface area is 164 Å². The molecule has 0 aliphatic rings. The molecule has 3 aromatic rings. The first-order valence-corrected chi connectivity index (χ1v) is 9.59. The molecule has 27 heavy (non-hydrogen) atoms. The molecule has 3 aromatic heterocycles. The fraction of sp³-hybridized carbons (Fsp3) is 0.222. The fourth-order valence-electron chi connectivity index (χ4n) is 2.45. The van der Waals surface area contributed by atoms with Gasteiger partial charge in [-0.05, 0) is 30.9 Å². The van der Waals surface area contributed by atoms with Crippen molar-refractivity contribution >= 4 is 45.0 Å². The first kappa shape index (κ1) is 20.3. The van der Waals surface area contributed by atoms with Crippen molar-refractivity contribution in [3.05, 3.63) is 44.6 Å². The van der Waals surface area contributed by atoms with E-state index >= 15 is 0 Å². The Morgan fingerprint density at radius 3 is 2.74 bits per heavy atom. The summed E-state index contributed by atoms with van der Waals surface area (Å²) in [5.74, 6) is 0. The Morgan fingerprint density at radius 2 is 2.19 bits per heavy atom. The summed E-state index contributed by atoms with van der Waals surface area (Å²) in [7, 11) is 0. The molecular formula is C18H17N5O2S2. The summed E-state index contributed by atoms with van der Waals surface area (Å²) < 4.78 is 0.901. The lowest BCUT2D eigenvalue weighted by Crippen LogP contribution is -2.17. The number of nitrogens with one attached hydrogen (secondary N) is 1. The molecule has 3 rings (SSSR count). The van der Waals surface area contributed by atoms with E-state index in [-0.39, 0.29) is 12.5 Å². The molecule has 0 aliphatic heterocycles. The summed E-state index contributed by atoms with van der Waals surface area (Å²) in [5, 5.41) is 31.1. The van der Waals surface area contributed by atoms with Gasteiger partial charge in [0.1, 0.15) is 23.3 Å². The summed E-state index contributed by atoms with van der Waals surface area (Å²) in [6.45, 7) is 2.33. The van der Waals surface area contributed by atoms with Crippen LogP contribution in [-0.4, -0.2) is 22.6 Å². The van der Waals surface area contributed by atoms with Crippen LogP contribution >= 0.6 is 22.7 Å². The minimum Gasteiger partial charge on any atom is -0.483 e. The van der Waals surface area contributed by atoms with Crippen molar-refractivity contribution in [3.63, 3.8) is 0 Å². The third-order valence-electron chi connectivity index (χ3n) is 3.48. The Hall–Kier alpha value is -2.98. The van der Waals surface area contributed by atoms with E-state index in [1.807, 2.05) is 18.4 Å². The lowest BCUT2D eigenvalue weighted by atomic mass is 10.1. The third-order valence-corrected chi connectivity index (χ3v) is 5.59. The SMILES string of the molecule is CC(N)Cc1sc2c(NCc3cccs3)cc(C#N)nc2c1C#N.O=CO. The number of pyridine rings is 1. The number of aromatic nitrogens is 1. The fourth-order valence-corrected chi connectivity index (χ4v) is 4.41. The van der Waals surface area contributed by atoms with Crippen LogP contribution in [0.1, 0.15) is 27.9 Å². The molecule has 0 aliphatic carbocycles. The third kappa shape index (κ3) is 5.02. The van der Waals surface area contributed by atoms with Crippen molar-refractivity contribution in [1.29, 1.82) is 10.5 Å². The number of thiophene rings is 2. The molecule has 1 atom stereocenters. The number of hydrogen-bond acceptors (Lipinski definition) is 8. The summed E-state index contributed by atoms with van der Waals surface area (Å²) in [5.41, 5.74) is 8.16. The van der Waals surface area contributed by atoms with Gasteiger partial charge in [-0.25, -0.2) is 4.98 Å². The van der Waals surface area contributed by atoms with E-state index in [2.05, 4.69) is 28.5 Å². The molecule has 0 radical (unpaired) electrons. The maximum Gasteiger partial charge on any atom is 0.290 e. The number of nitriles is 2. The molecule has 0 bridgehead atoms. The van der Waals surface area contributed by atoms with E-state index in [4.69, 9.17) is 15.6 Å². The average molecular weight is 400 g/mol. The van der Waals surface area contributed by atoms with Crippen LogP contribution in [0.5, 0.6) is 0 Å². The van der Waals surface area contributed by atoms with Gasteiger partial charge in [0.15, 0.2) is 0 Å². The highest BCUT2D eigenvalue weighted by atomic mass is 32.1. The second-order valence-electron chi connectivity index (χ2n) is 5.58. The van der Waals surface area contributed by atoms with E-state index in [1.165, 1.54) is 16.2 Å². The standard InChI is InChI=1S/C17H15N5S2.CH2O2/c1-10(20)5-15-13(8-19)16-17(24-15)14(6-11(7-18)22-16)21-9-12-3-2-4-23-12;2-1-3/h2-4,6,10H,5,9,20H2,1H3,(H,21,22);1H,(H,2,3). The van der Waals surface area contributed by atoms with E-state index in [1.54, 1.807) is 17.4 Å². The highest BCUT2D eigenvalue weighted by Gasteiger charge is 2.18.